The van der Waals surface area contributed by atoms with Crippen molar-refractivity contribution in [2.24, 2.45) is 0 Å². The molecule has 0 aromatic carbocycles. The monoisotopic (exact) mass is 792 g/mol. The summed E-state index contributed by atoms with van der Waals surface area (Å²) < 4.78 is 70.6. The second-order valence-electron chi connectivity index (χ2n) is 12.8. The van der Waals surface area contributed by atoms with E-state index >= 15 is 0 Å². The van der Waals surface area contributed by atoms with Gasteiger partial charge in [0.25, 0.3) is 5.91 Å². The summed E-state index contributed by atoms with van der Waals surface area (Å²) in [6, 6.07) is 0. The molecule has 0 bridgehead atoms. The Morgan fingerprint density at radius 1 is 0.698 bits per heavy atom. The molecule has 53 heavy (non-hydrogen) atoms. The molecule has 0 aromatic heterocycles. The summed E-state index contributed by atoms with van der Waals surface area (Å²) in [5.74, 6) is -0.867. The fourth-order valence-corrected chi connectivity index (χ4v) is 6.40. The standard InChI is InChI=1S/C30H52N2O20S/c1-3-17(35)31-32-18(36)10-8-6-4-5-7-9-11-46-28-24(42)27(51-29-22(40)21(39)19(37)14(2)47-29)25(16(13-34)49-28)50-30-23(41)26(52-53(43,44)45)20(38)15(12-33)48-30/h3,14-16,19-30,33-34,37-42H,1,4-13H2,2H3,(H,31,35)(H,32,36)(H,43,44,45)/t14-,15+,16+,19+,20-,21+,22-,23+,24+,25+,26-,27+,28+,29?,30+/m0/s1. The molecule has 0 radical (unpaired) electrons. The maximum atomic E-state index is 11.7. The Hall–Kier alpha value is -2.01. The van der Waals surface area contributed by atoms with Crippen molar-refractivity contribution in [2.45, 2.75) is 144 Å². The van der Waals surface area contributed by atoms with Crippen molar-refractivity contribution in [1.82, 2.24) is 10.9 Å². The molecule has 3 aliphatic rings. The molecule has 15 atom stereocenters. The lowest BCUT2D eigenvalue weighted by Gasteiger charge is -2.49. The summed E-state index contributed by atoms with van der Waals surface area (Å²) in [5.41, 5.74) is 4.45. The number of hydrogen-bond donors (Lipinski definition) is 11. The van der Waals surface area contributed by atoms with E-state index in [1.54, 1.807) is 0 Å². The van der Waals surface area contributed by atoms with Gasteiger partial charge in [0.15, 0.2) is 18.9 Å². The van der Waals surface area contributed by atoms with Crippen molar-refractivity contribution in [1.29, 1.82) is 0 Å². The average Bonchev–Trinajstić information content (AvgIpc) is 3.12. The molecule has 1 unspecified atom stereocenters. The molecule has 3 heterocycles. The predicted molar refractivity (Wildman–Crippen MR) is 173 cm³/mol. The molecule has 0 aromatic rings. The van der Waals surface area contributed by atoms with Crippen LogP contribution in [-0.4, -0.2) is 178 Å². The van der Waals surface area contributed by atoms with Crippen LogP contribution in [0.15, 0.2) is 12.7 Å². The van der Waals surface area contributed by atoms with Gasteiger partial charge >= 0.3 is 10.4 Å². The first-order valence-electron chi connectivity index (χ1n) is 17.1. The van der Waals surface area contributed by atoms with Gasteiger partial charge in [0.2, 0.25) is 5.91 Å². The first kappa shape index (κ1) is 45.4. The number of ether oxygens (including phenoxy) is 6. The lowest BCUT2D eigenvalue weighted by atomic mass is 9.96. The number of amides is 2. The van der Waals surface area contributed by atoms with E-state index < -0.39 is 122 Å². The second-order valence-corrected chi connectivity index (χ2v) is 13.8. The molecule has 22 nitrogen and oxygen atoms in total. The summed E-state index contributed by atoms with van der Waals surface area (Å²) in [4.78, 5) is 22.8. The number of carbonyl (C=O) groups excluding carboxylic acids is 2. The molecule has 23 heteroatoms. The highest BCUT2D eigenvalue weighted by atomic mass is 32.3. The van der Waals surface area contributed by atoms with Crippen LogP contribution in [0, 0.1) is 0 Å². The topological polar surface area (TPSA) is 339 Å². The van der Waals surface area contributed by atoms with Crippen molar-refractivity contribution in [2.75, 3.05) is 19.8 Å². The van der Waals surface area contributed by atoms with Crippen molar-refractivity contribution >= 4 is 22.2 Å². The third-order valence-corrected chi connectivity index (χ3v) is 9.30. The molecule has 3 aliphatic heterocycles. The van der Waals surface area contributed by atoms with Crippen LogP contribution in [0.5, 0.6) is 0 Å². The Balaban J connectivity index is 1.66. The molecular weight excluding hydrogens is 740 g/mol. The maximum absolute atomic E-state index is 11.7. The summed E-state index contributed by atoms with van der Waals surface area (Å²) in [7, 11) is -5.26. The third kappa shape index (κ3) is 13.0. The van der Waals surface area contributed by atoms with Gasteiger partial charge in [0.05, 0.1) is 19.3 Å². The summed E-state index contributed by atoms with van der Waals surface area (Å²) in [6.45, 7) is 2.90. The molecule has 0 spiro atoms. The minimum Gasteiger partial charge on any atom is -0.394 e. The van der Waals surface area contributed by atoms with E-state index in [2.05, 4.69) is 21.6 Å². The van der Waals surface area contributed by atoms with E-state index in [4.69, 9.17) is 28.4 Å². The first-order chi connectivity index (χ1) is 25.0. The van der Waals surface area contributed by atoms with Crippen molar-refractivity contribution < 1.29 is 96.0 Å². The molecule has 0 saturated carbocycles. The van der Waals surface area contributed by atoms with Crippen LogP contribution < -0.4 is 10.9 Å². The predicted octanol–water partition coefficient (Wildman–Crippen LogP) is -4.63. The lowest BCUT2D eigenvalue weighted by Crippen LogP contribution is -2.67. The molecule has 2 amide bonds. The Morgan fingerprint density at radius 3 is 1.89 bits per heavy atom. The number of aliphatic hydroxyl groups excluding tert-OH is 8. The highest BCUT2D eigenvalue weighted by Crippen LogP contribution is 2.34. The Labute approximate surface area is 305 Å². The van der Waals surface area contributed by atoms with E-state index in [9.17, 15) is 63.4 Å². The van der Waals surface area contributed by atoms with Crippen LogP contribution in [-0.2, 0) is 52.6 Å². The molecular formula is C30H52N2O20S. The van der Waals surface area contributed by atoms with E-state index in [0.717, 1.165) is 25.3 Å². The van der Waals surface area contributed by atoms with Gasteiger partial charge < -0.3 is 69.3 Å². The average molecular weight is 793 g/mol. The Kier molecular flexibility index (Phi) is 18.3. The normalized spacial score (nSPS) is 37.9. The molecule has 0 aliphatic carbocycles. The van der Waals surface area contributed by atoms with Crippen molar-refractivity contribution in [3.8, 4) is 0 Å². The van der Waals surface area contributed by atoms with Crippen LogP contribution in [0.25, 0.3) is 0 Å². The zero-order chi connectivity index (χ0) is 39.5. The molecule has 308 valence electrons. The Morgan fingerprint density at radius 2 is 1.26 bits per heavy atom. The fraction of sp³-hybridized carbons (Fsp3) is 0.867. The summed E-state index contributed by atoms with van der Waals surface area (Å²) >= 11 is 0. The zero-order valence-corrected chi connectivity index (χ0v) is 29.8. The number of aliphatic hydroxyl groups is 8. The van der Waals surface area contributed by atoms with Gasteiger partial charge in [-0.2, -0.15) is 8.42 Å². The maximum Gasteiger partial charge on any atom is 0.397 e. The Bertz CT molecular complexity index is 1260. The fourth-order valence-electron chi connectivity index (χ4n) is 5.89. The minimum atomic E-state index is -5.26. The largest absolute Gasteiger partial charge is 0.397 e. The molecule has 11 N–H and O–H groups in total. The van der Waals surface area contributed by atoms with Gasteiger partial charge in [-0.05, 0) is 25.8 Å². The summed E-state index contributed by atoms with van der Waals surface area (Å²) in [5, 5.41) is 83.8. The van der Waals surface area contributed by atoms with Gasteiger partial charge in [-0.25, -0.2) is 4.18 Å². The van der Waals surface area contributed by atoms with E-state index in [1.165, 1.54) is 6.92 Å². The van der Waals surface area contributed by atoms with Crippen LogP contribution >= 0.6 is 0 Å². The summed E-state index contributed by atoms with van der Waals surface area (Å²) in [6.07, 6.45) is -20.7. The SMILES string of the molecule is C=CC(=O)NNC(=O)CCCCCCCCO[C@@H]1O[C@H](CO)[C@@H](O[C@H]2O[C@H](CO)[C@H](O)[C@H](OS(=O)(=O)O)[C@H]2O)[C@H](OC2O[C@@H](C)[C@@H](O)[C@@H](O)[C@@H]2O)[C@H]1O. The smallest absolute Gasteiger partial charge is 0.394 e. The number of rotatable bonds is 19. The molecule has 3 fully saturated rings. The van der Waals surface area contributed by atoms with Gasteiger partial charge in [-0.1, -0.05) is 32.3 Å². The zero-order valence-electron chi connectivity index (χ0n) is 28.9. The first-order valence-corrected chi connectivity index (χ1v) is 18.4. The van der Waals surface area contributed by atoms with Crippen LogP contribution in [0.2, 0.25) is 0 Å². The van der Waals surface area contributed by atoms with Crippen molar-refractivity contribution in [3.05, 3.63) is 12.7 Å². The van der Waals surface area contributed by atoms with Gasteiger partial charge in [0, 0.05) is 13.0 Å². The lowest BCUT2D eigenvalue weighted by molar-refractivity contribution is -0.385. The molecule has 3 rings (SSSR count). The number of unbranched alkanes of at least 4 members (excludes halogenated alkanes) is 5. The third-order valence-electron chi connectivity index (χ3n) is 8.83. The molecule has 3 saturated heterocycles. The van der Waals surface area contributed by atoms with Gasteiger partial charge in [-0.3, -0.25) is 25.0 Å². The van der Waals surface area contributed by atoms with E-state index in [1.807, 2.05) is 0 Å². The van der Waals surface area contributed by atoms with Crippen LogP contribution in [0.1, 0.15) is 51.9 Å². The minimum absolute atomic E-state index is 0.0448. The number of hydrogen-bond acceptors (Lipinski definition) is 19. The number of hydrazine groups is 1. The van der Waals surface area contributed by atoms with Gasteiger partial charge in [-0.15, -0.1) is 0 Å². The highest BCUT2D eigenvalue weighted by molar-refractivity contribution is 7.80. The van der Waals surface area contributed by atoms with Gasteiger partial charge in [0.1, 0.15) is 67.1 Å². The van der Waals surface area contributed by atoms with E-state index in [-0.39, 0.29) is 18.9 Å². The van der Waals surface area contributed by atoms with Crippen LogP contribution in [0.3, 0.4) is 0 Å². The number of carbonyl (C=O) groups is 2. The van der Waals surface area contributed by atoms with E-state index in [0.29, 0.717) is 19.3 Å². The second kappa shape index (κ2) is 21.3. The number of nitrogens with one attached hydrogen (secondary N) is 2. The van der Waals surface area contributed by atoms with Crippen molar-refractivity contribution in [3.63, 3.8) is 0 Å². The van der Waals surface area contributed by atoms with Crippen LogP contribution in [0.4, 0.5) is 0 Å². The highest BCUT2D eigenvalue weighted by Gasteiger charge is 2.55. The quantitative estimate of drug-likeness (QED) is 0.0254.